The Morgan fingerprint density at radius 3 is 1.87 bits per heavy atom. The van der Waals surface area contributed by atoms with Crippen molar-refractivity contribution in [2.45, 2.75) is 13.0 Å². The van der Waals surface area contributed by atoms with E-state index in [0.29, 0.717) is 30.2 Å². The Hall–Kier alpha value is -4.78. The van der Waals surface area contributed by atoms with Gasteiger partial charge in [-0.25, -0.2) is 0 Å². The lowest BCUT2D eigenvalue weighted by molar-refractivity contribution is -0.114. The van der Waals surface area contributed by atoms with Crippen LogP contribution < -0.4 is 25.4 Å². The van der Waals surface area contributed by atoms with E-state index in [9.17, 15) is 9.59 Å². The molecule has 194 valence electrons. The molecule has 1 unspecified atom stereocenters. The van der Waals surface area contributed by atoms with Crippen LogP contribution in [0.15, 0.2) is 109 Å². The molecule has 0 aromatic heterocycles. The topological polar surface area (TPSA) is 88.7 Å². The summed E-state index contributed by atoms with van der Waals surface area (Å²) in [4.78, 5) is 24.9. The number of hydrogen-bond donors (Lipinski definition) is 3. The maximum atomic E-state index is 12.6. The van der Waals surface area contributed by atoms with Crippen LogP contribution in [0.1, 0.15) is 28.9 Å². The summed E-state index contributed by atoms with van der Waals surface area (Å²) < 4.78 is 11.3. The van der Waals surface area contributed by atoms with Gasteiger partial charge in [-0.2, -0.15) is 0 Å². The van der Waals surface area contributed by atoms with Crippen LogP contribution in [0.25, 0.3) is 0 Å². The van der Waals surface area contributed by atoms with Crippen molar-refractivity contribution in [1.82, 2.24) is 5.32 Å². The number of para-hydroxylation sites is 1. The normalized spacial score (nSPS) is 11.2. The van der Waals surface area contributed by atoms with Gasteiger partial charge in [0.25, 0.3) is 5.91 Å². The number of rotatable bonds is 12. The molecule has 0 spiro atoms. The third kappa shape index (κ3) is 8.13. The lowest BCUT2D eigenvalue weighted by atomic mass is 10.1. The van der Waals surface area contributed by atoms with Crippen LogP contribution in [0.2, 0.25) is 0 Å². The predicted octanol–water partition coefficient (Wildman–Crippen LogP) is 5.69. The summed E-state index contributed by atoms with van der Waals surface area (Å²) in [7, 11) is 0. The number of carbonyl (C=O) groups excluding carboxylic acids is 2. The minimum atomic E-state index is -0.187. The summed E-state index contributed by atoms with van der Waals surface area (Å²) in [6.45, 7) is 2.89. The van der Waals surface area contributed by atoms with Crippen LogP contribution in [-0.4, -0.2) is 31.6 Å². The highest BCUT2D eigenvalue weighted by Crippen LogP contribution is 2.17. The van der Waals surface area contributed by atoms with E-state index in [1.807, 2.05) is 67.6 Å². The van der Waals surface area contributed by atoms with Gasteiger partial charge in [0.15, 0.2) is 0 Å². The van der Waals surface area contributed by atoms with E-state index in [1.54, 1.807) is 48.5 Å². The molecule has 0 aliphatic carbocycles. The largest absolute Gasteiger partial charge is 0.490 e. The summed E-state index contributed by atoms with van der Waals surface area (Å²) in [5.41, 5.74) is 3.01. The third-order valence-electron chi connectivity index (χ3n) is 5.75. The highest BCUT2D eigenvalue weighted by atomic mass is 16.5. The van der Waals surface area contributed by atoms with Crippen molar-refractivity contribution in [3.8, 4) is 11.5 Å². The van der Waals surface area contributed by atoms with Crippen molar-refractivity contribution in [2.24, 2.45) is 0 Å². The number of anilines is 2. The zero-order chi connectivity index (χ0) is 26.6. The van der Waals surface area contributed by atoms with Gasteiger partial charge in [-0.3, -0.25) is 9.59 Å². The van der Waals surface area contributed by atoms with Gasteiger partial charge in [0.1, 0.15) is 24.7 Å². The van der Waals surface area contributed by atoms with E-state index in [1.165, 1.54) is 0 Å². The lowest BCUT2D eigenvalue weighted by Crippen LogP contribution is -2.26. The van der Waals surface area contributed by atoms with E-state index >= 15 is 0 Å². The monoisotopic (exact) mass is 509 g/mol. The zero-order valence-corrected chi connectivity index (χ0v) is 21.2. The molecule has 7 nitrogen and oxygen atoms in total. The molecule has 0 aliphatic rings. The number of benzene rings is 4. The molecule has 0 saturated carbocycles. The van der Waals surface area contributed by atoms with Gasteiger partial charge in [-0.05, 0) is 73.2 Å². The van der Waals surface area contributed by atoms with E-state index < -0.39 is 0 Å². The first-order chi connectivity index (χ1) is 18.6. The fourth-order valence-electron chi connectivity index (χ4n) is 3.70. The molecule has 7 heteroatoms. The Morgan fingerprint density at radius 2 is 1.24 bits per heavy atom. The first kappa shape index (κ1) is 26.3. The fraction of sp³-hybridized carbons (Fsp3) is 0.161. The molecule has 0 aliphatic heterocycles. The Bertz CT molecular complexity index is 1290. The van der Waals surface area contributed by atoms with Gasteiger partial charge in [-0.1, -0.05) is 48.5 Å². The van der Waals surface area contributed by atoms with Crippen molar-refractivity contribution >= 4 is 23.2 Å². The Kier molecular flexibility index (Phi) is 9.34. The van der Waals surface area contributed by atoms with Gasteiger partial charge >= 0.3 is 0 Å². The molecular weight excluding hydrogens is 478 g/mol. The summed E-state index contributed by atoms with van der Waals surface area (Å²) in [5.74, 6) is 1.16. The first-order valence-corrected chi connectivity index (χ1v) is 12.5. The highest BCUT2D eigenvalue weighted by Gasteiger charge is 2.11. The van der Waals surface area contributed by atoms with Gasteiger partial charge < -0.3 is 25.4 Å². The number of ether oxygens (including phenoxy) is 2. The first-order valence-electron chi connectivity index (χ1n) is 12.5. The summed E-state index contributed by atoms with van der Waals surface area (Å²) >= 11 is 0. The standard InChI is InChI=1S/C31H31N3O4/c1-23(24-8-4-2-5-9-24)33-31(36)25-12-14-26(15-13-25)32-22-30(35)34-27-16-18-29(19-17-27)38-21-20-37-28-10-6-3-7-11-28/h2-19,23,32H,20-22H2,1H3,(H,33,36)(H,34,35). The third-order valence-corrected chi connectivity index (χ3v) is 5.75. The molecule has 0 radical (unpaired) electrons. The van der Waals surface area contributed by atoms with Crippen LogP contribution in [0.5, 0.6) is 11.5 Å². The second-order valence-electron chi connectivity index (χ2n) is 8.62. The van der Waals surface area contributed by atoms with E-state index in [-0.39, 0.29) is 24.4 Å². The maximum absolute atomic E-state index is 12.6. The van der Waals surface area contributed by atoms with Crippen LogP contribution >= 0.6 is 0 Å². The molecule has 2 amide bonds. The number of carbonyl (C=O) groups is 2. The highest BCUT2D eigenvalue weighted by molar-refractivity contribution is 5.95. The predicted molar refractivity (Wildman–Crippen MR) is 150 cm³/mol. The Morgan fingerprint density at radius 1 is 0.684 bits per heavy atom. The van der Waals surface area contributed by atoms with Gasteiger partial charge in [-0.15, -0.1) is 0 Å². The van der Waals surface area contributed by atoms with Crippen LogP contribution in [-0.2, 0) is 4.79 Å². The summed E-state index contributed by atoms with van der Waals surface area (Å²) in [6.07, 6.45) is 0. The number of amides is 2. The van der Waals surface area contributed by atoms with Crippen LogP contribution in [0, 0.1) is 0 Å². The number of hydrogen-bond acceptors (Lipinski definition) is 5. The SMILES string of the molecule is CC(NC(=O)c1ccc(NCC(=O)Nc2ccc(OCCOc3ccccc3)cc2)cc1)c1ccccc1. The Labute approximate surface area is 222 Å². The Balaban J connectivity index is 1.16. The fourth-order valence-corrected chi connectivity index (χ4v) is 3.70. The van der Waals surface area contributed by atoms with Crippen molar-refractivity contribution in [3.63, 3.8) is 0 Å². The van der Waals surface area contributed by atoms with E-state index in [2.05, 4.69) is 16.0 Å². The average molecular weight is 510 g/mol. The molecule has 4 aromatic carbocycles. The van der Waals surface area contributed by atoms with Crippen molar-refractivity contribution in [3.05, 3.63) is 120 Å². The molecule has 0 saturated heterocycles. The van der Waals surface area contributed by atoms with Gasteiger partial charge in [0.05, 0.1) is 12.6 Å². The average Bonchev–Trinajstić information content (AvgIpc) is 2.96. The molecule has 38 heavy (non-hydrogen) atoms. The summed E-state index contributed by atoms with van der Waals surface area (Å²) in [5, 5.41) is 8.92. The van der Waals surface area contributed by atoms with E-state index in [0.717, 1.165) is 17.0 Å². The molecule has 1 atom stereocenters. The molecule has 3 N–H and O–H groups in total. The van der Waals surface area contributed by atoms with Gasteiger partial charge in [0, 0.05) is 16.9 Å². The molecular formula is C31H31N3O4. The molecule has 0 fully saturated rings. The van der Waals surface area contributed by atoms with Crippen molar-refractivity contribution in [1.29, 1.82) is 0 Å². The molecule has 0 bridgehead atoms. The van der Waals surface area contributed by atoms with Crippen molar-refractivity contribution < 1.29 is 19.1 Å². The molecule has 4 aromatic rings. The quantitative estimate of drug-likeness (QED) is 0.214. The van der Waals surface area contributed by atoms with Crippen molar-refractivity contribution in [2.75, 3.05) is 30.4 Å². The summed E-state index contributed by atoms with van der Waals surface area (Å²) in [6, 6.07) is 33.5. The molecule has 4 rings (SSSR count). The maximum Gasteiger partial charge on any atom is 0.251 e. The zero-order valence-electron chi connectivity index (χ0n) is 21.2. The minimum absolute atomic E-state index is 0.0889. The smallest absolute Gasteiger partial charge is 0.251 e. The van der Waals surface area contributed by atoms with Gasteiger partial charge in [0.2, 0.25) is 5.91 Å². The van der Waals surface area contributed by atoms with Crippen LogP contribution in [0.4, 0.5) is 11.4 Å². The number of nitrogens with one attached hydrogen (secondary N) is 3. The minimum Gasteiger partial charge on any atom is -0.490 e. The van der Waals surface area contributed by atoms with E-state index in [4.69, 9.17) is 9.47 Å². The van der Waals surface area contributed by atoms with Crippen LogP contribution in [0.3, 0.4) is 0 Å². The molecule has 0 heterocycles. The lowest BCUT2D eigenvalue weighted by Gasteiger charge is -2.14. The second kappa shape index (κ2) is 13.5. The second-order valence-corrected chi connectivity index (χ2v) is 8.62.